The summed E-state index contributed by atoms with van der Waals surface area (Å²) < 4.78 is 11.7. The molecule has 0 aliphatic carbocycles. The van der Waals surface area contributed by atoms with Gasteiger partial charge in [0.2, 0.25) is 5.91 Å². The molecule has 0 radical (unpaired) electrons. The van der Waals surface area contributed by atoms with Gasteiger partial charge in [0.05, 0.1) is 12.6 Å². The minimum absolute atomic E-state index is 0. The zero-order valence-corrected chi connectivity index (χ0v) is 21.0. The normalized spacial score (nSPS) is 16.2. The first-order chi connectivity index (χ1) is 14.0. The van der Waals surface area contributed by atoms with Gasteiger partial charge in [-0.3, -0.25) is 4.79 Å². The number of rotatable bonds is 10. The van der Waals surface area contributed by atoms with Gasteiger partial charge in [-0.1, -0.05) is 26.0 Å². The average molecular weight is 532 g/mol. The summed E-state index contributed by atoms with van der Waals surface area (Å²) >= 11 is 0. The van der Waals surface area contributed by atoms with Crippen LogP contribution in [-0.2, 0) is 16.1 Å². The summed E-state index contributed by atoms with van der Waals surface area (Å²) in [4.78, 5) is 16.3. The number of hydrogen-bond acceptors (Lipinski definition) is 4. The van der Waals surface area contributed by atoms with Crippen molar-refractivity contribution in [2.24, 2.45) is 10.9 Å². The molecule has 1 fully saturated rings. The Bertz CT molecular complexity index is 676. The highest BCUT2D eigenvalue weighted by Gasteiger charge is 2.17. The minimum atomic E-state index is -0.00787. The molecule has 0 aromatic heterocycles. The van der Waals surface area contributed by atoms with E-state index in [1.807, 2.05) is 20.8 Å². The molecular formula is C22H37IN4O3. The number of carbonyl (C=O) groups is 1. The first kappa shape index (κ1) is 26.5. The molecule has 1 heterocycles. The van der Waals surface area contributed by atoms with Crippen LogP contribution in [0.5, 0.6) is 5.75 Å². The summed E-state index contributed by atoms with van der Waals surface area (Å²) in [5, 5.41) is 9.39. The van der Waals surface area contributed by atoms with Gasteiger partial charge in [0.15, 0.2) is 5.96 Å². The third-order valence-corrected chi connectivity index (χ3v) is 4.66. The maximum Gasteiger partial charge on any atom is 0.222 e. The van der Waals surface area contributed by atoms with Gasteiger partial charge in [-0.15, -0.1) is 24.0 Å². The molecule has 0 spiro atoms. The predicted molar refractivity (Wildman–Crippen MR) is 132 cm³/mol. The minimum Gasteiger partial charge on any atom is -0.491 e. The number of hydrogen-bond donors (Lipinski definition) is 3. The van der Waals surface area contributed by atoms with Crippen LogP contribution in [0.25, 0.3) is 0 Å². The van der Waals surface area contributed by atoms with E-state index in [9.17, 15) is 4.79 Å². The molecule has 1 aliphatic rings. The second-order valence-corrected chi connectivity index (χ2v) is 7.62. The molecule has 7 nitrogen and oxygen atoms in total. The van der Waals surface area contributed by atoms with Crippen molar-refractivity contribution < 1.29 is 14.3 Å². The SMILES string of the molecule is CCNC(=NCc1ccc(C)cc1OCC1CCCO1)NCCNC(=O)C(C)C.I. The second-order valence-electron chi connectivity index (χ2n) is 7.62. The van der Waals surface area contributed by atoms with E-state index >= 15 is 0 Å². The van der Waals surface area contributed by atoms with Crippen LogP contribution in [0.15, 0.2) is 23.2 Å². The van der Waals surface area contributed by atoms with Crippen LogP contribution >= 0.6 is 24.0 Å². The van der Waals surface area contributed by atoms with Crippen molar-refractivity contribution in [3.05, 3.63) is 29.3 Å². The van der Waals surface area contributed by atoms with Crippen molar-refractivity contribution in [3.8, 4) is 5.75 Å². The van der Waals surface area contributed by atoms with Gasteiger partial charge >= 0.3 is 0 Å². The number of ether oxygens (including phenoxy) is 2. The number of nitrogens with one attached hydrogen (secondary N) is 3. The number of guanidine groups is 1. The van der Waals surface area contributed by atoms with Crippen molar-refractivity contribution in [1.82, 2.24) is 16.0 Å². The zero-order valence-electron chi connectivity index (χ0n) is 18.6. The fourth-order valence-electron chi connectivity index (χ4n) is 2.96. The van der Waals surface area contributed by atoms with Crippen LogP contribution in [0.4, 0.5) is 0 Å². The largest absolute Gasteiger partial charge is 0.491 e. The fourth-order valence-corrected chi connectivity index (χ4v) is 2.96. The van der Waals surface area contributed by atoms with E-state index in [1.54, 1.807) is 0 Å². The number of nitrogens with zero attached hydrogens (tertiary/aromatic N) is 1. The van der Waals surface area contributed by atoms with E-state index in [4.69, 9.17) is 9.47 Å². The Morgan fingerprint density at radius 3 is 2.70 bits per heavy atom. The zero-order chi connectivity index (χ0) is 21.1. The third-order valence-electron chi connectivity index (χ3n) is 4.66. The molecule has 0 bridgehead atoms. The molecule has 1 aliphatic heterocycles. The Balaban J connectivity index is 0.00000450. The van der Waals surface area contributed by atoms with Crippen LogP contribution in [0, 0.1) is 12.8 Å². The monoisotopic (exact) mass is 532 g/mol. The van der Waals surface area contributed by atoms with Crippen LogP contribution in [0.3, 0.4) is 0 Å². The van der Waals surface area contributed by atoms with Gasteiger partial charge in [-0.25, -0.2) is 4.99 Å². The highest BCUT2D eigenvalue weighted by Crippen LogP contribution is 2.23. The second kappa shape index (κ2) is 14.5. The summed E-state index contributed by atoms with van der Waals surface area (Å²) in [6.07, 6.45) is 2.35. The molecule has 3 N–H and O–H groups in total. The van der Waals surface area contributed by atoms with E-state index in [0.717, 1.165) is 48.8 Å². The lowest BCUT2D eigenvalue weighted by atomic mass is 10.1. The number of aryl methyl sites for hydroxylation is 1. The summed E-state index contributed by atoms with van der Waals surface area (Å²) in [6, 6.07) is 6.20. The van der Waals surface area contributed by atoms with Crippen LogP contribution in [0.2, 0.25) is 0 Å². The Labute approximate surface area is 197 Å². The van der Waals surface area contributed by atoms with E-state index in [1.165, 1.54) is 0 Å². The summed E-state index contributed by atoms with van der Waals surface area (Å²) in [5.41, 5.74) is 2.20. The van der Waals surface area contributed by atoms with Gasteiger partial charge in [0.1, 0.15) is 12.4 Å². The summed E-state index contributed by atoms with van der Waals surface area (Å²) in [7, 11) is 0. The van der Waals surface area contributed by atoms with Gasteiger partial charge in [0.25, 0.3) is 0 Å². The Hall–Kier alpha value is -1.55. The lowest BCUT2D eigenvalue weighted by Gasteiger charge is -2.16. The highest BCUT2D eigenvalue weighted by molar-refractivity contribution is 14.0. The van der Waals surface area contributed by atoms with Crippen LogP contribution in [0.1, 0.15) is 44.7 Å². The van der Waals surface area contributed by atoms with E-state index < -0.39 is 0 Å². The van der Waals surface area contributed by atoms with Gasteiger partial charge in [-0.05, 0) is 38.3 Å². The standard InChI is InChI=1S/C22H36N4O3.HI/c1-5-23-22(25-11-10-24-21(27)16(2)3)26-14-18-9-8-17(4)13-20(18)29-15-19-7-6-12-28-19;/h8-9,13,16,19H,5-7,10-12,14-15H2,1-4H3,(H,24,27)(H2,23,25,26);1H. The lowest BCUT2D eigenvalue weighted by Crippen LogP contribution is -2.42. The molecule has 0 saturated carbocycles. The first-order valence-electron chi connectivity index (χ1n) is 10.6. The van der Waals surface area contributed by atoms with Crippen molar-refractivity contribution in [2.75, 3.05) is 32.8 Å². The van der Waals surface area contributed by atoms with Crippen molar-refractivity contribution in [3.63, 3.8) is 0 Å². The Morgan fingerprint density at radius 2 is 2.03 bits per heavy atom. The van der Waals surface area contributed by atoms with E-state index in [0.29, 0.717) is 26.2 Å². The molecule has 8 heteroatoms. The number of halogens is 1. The first-order valence-corrected chi connectivity index (χ1v) is 10.6. The van der Waals surface area contributed by atoms with Gasteiger partial charge in [-0.2, -0.15) is 0 Å². The number of aliphatic imine (C=N–C) groups is 1. The van der Waals surface area contributed by atoms with Crippen LogP contribution in [-0.4, -0.2) is 50.8 Å². The molecule has 30 heavy (non-hydrogen) atoms. The van der Waals surface area contributed by atoms with Crippen LogP contribution < -0.4 is 20.7 Å². The maximum atomic E-state index is 11.6. The average Bonchev–Trinajstić information content (AvgIpc) is 3.21. The van der Waals surface area contributed by atoms with Crippen molar-refractivity contribution >= 4 is 35.8 Å². The summed E-state index contributed by atoms with van der Waals surface area (Å²) in [6.45, 7) is 11.7. The Morgan fingerprint density at radius 1 is 1.27 bits per heavy atom. The smallest absolute Gasteiger partial charge is 0.222 e. The molecule has 170 valence electrons. The topological polar surface area (TPSA) is 84.0 Å². The molecule has 1 amide bonds. The van der Waals surface area contributed by atoms with E-state index in [2.05, 4.69) is 46.1 Å². The van der Waals surface area contributed by atoms with Crippen molar-refractivity contribution in [2.45, 2.75) is 53.2 Å². The predicted octanol–water partition coefficient (Wildman–Crippen LogP) is 3.00. The lowest BCUT2D eigenvalue weighted by molar-refractivity contribution is -0.123. The highest BCUT2D eigenvalue weighted by atomic mass is 127. The van der Waals surface area contributed by atoms with Gasteiger partial charge in [0, 0.05) is 37.7 Å². The molecule has 1 aromatic carbocycles. The number of amides is 1. The Kier molecular flexibility index (Phi) is 12.8. The third kappa shape index (κ3) is 9.51. The molecule has 1 unspecified atom stereocenters. The quantitative estimate of drug-likeness (QED) is 0.187. The fraction of sp³-hybridized carbons (Fsp3) is 0.636. The van der Waals surface area contributed by atoms with E-state index in [-0.39, 0.29) is 41.9 Å². The summed E-state index contributed by atoms with van der Waals surface area (Å²) in [5.74, 6) is 1.63. The molecule has 1 saturated heterocycles. The van der Waals surface area contributed by atoms with Crippen molar-refractivity contribution in [1.29, 1.82) is 0 Å². The molecule has 1 atom stereocenters. The van der Waals surface area contributed by atoms with Gasteiger partial charge < -0.3 is 25.4 Å². The maximum absolute atomic E-state index is 11.6. The number of benzene rings is 1. The number of carbonyl (C=O) groups excluding carboxylic acids is 1. The molecular weight excluding hydrogens is 495 g/mol. The molecule has 2 rings (SSSR count). The molecule has 1 aromatic rings.